The highest BCUT2D eigenvalue weighted by Gasteiger charge is 2.27. The Balaban J connectivity index is 1.29. The average Bonchev–Trinajstić information content (AvgIpc) is 3.44. The summed E-state index contributed by atoms with van der Waals surface area (Å²) < 4.78 is 7.33. The topological polar surface area (TPSA) is 89.4 Å². The Morgan fingerprint density at radius 2 is 1.97 bits per heavy atom. The van der Waals surface area contributed by atoms with Crippen LogP contribution in [-0.2, 0) is 11.3 Å². The summed E-state index contributed by atoms with van der Waals surface area (Å²) >= 11 is 0. The molecule has 8 nitrogen and oxygen atoms in total. The van der Waals surface area contributed by atoms with Gasteiger partial charge in [-0.2, -0.15) is 0 Å². The number of nitrogens with zero attached hydrogens (tertiary/aromatic N) is 4. The van der Waals surface area contributed by atoms with Gasteiger partial charge in [0.1, 0.15) is 5.75 Å². The minimum Gasteiger partial charge on any atom is -0.484 e. The second-order valence-electron chi connectivity index (χ2n) is 7.74. The number of ether oxygens (including phenoxy) is 1. The number of aryl methyl sites for hydroxylation is 1. The summed E-state index contributed by atoms with van der Waals surface area (Å²) in [6, 6.07) is 9.85. The molecule has 2 amide bonds. The van der Waals surface area contributed by atoms with Crippen molar-refractivity contribution in [1.82, 2.24) is 25.2 Å². The summed E-state index contributed by atoms with van der Waals surface area (Å²) in [4.78, 5) is 26.7. The van der Waals surface area contributed by atoms with Gasteiger partial charge in [-0.25, -0.2) is 0 Å². The number of hydrogen-bond acceptors (Lipinski definition) is 5. The molecule has 0 spiro atoms. The van der Waals surface area contributed by atoms with E-state index in [1.807, 2.05) is 35.2 Å². The molecule has 1 aliphatic heterocycles. The number of aromatic nitrogens is 3. The third kappa shape index (κ3) is 5.34. The molecule has 154 valence electrons. The highest BCUT2D eigenvalue weighted by Crippen LogP contribution is 2.21. The van der Waals surface area contributed by atoms with Gasteiger partial charge in [-0.3, -0.25) is 14.3 Å². The zero-order valence-corrected chi connectivity index (χ0v) is 16.5. The maximum absolute atomic E-state index is 12.7. The number of amides is 2. The normalized spacial score (nSPS) is 19.0. The molecular weight excluding hydrogens is 370 g/mol. The van der Waals surface area contributed by atoms with Crippen molar-refractivity contribution in [2.24, 2.45) is 0 Å². The first-order chi connectivity index (χ1) is 14.2. The molecule has 1 aromatic heterocycles. The van der Waals surface area contributed by atoms with Crippen LogP contribution in [0.25, 0.3) is 0 Å². The van der Waals surface area contributed by atoms with Crippen LogP contribution in [0.1, 0.15) is 49.0 Å². The molecule has 2 fully saturated rings. The molecule has 2 aromatic rings. The predicted octanol–water partition coefficient (Wildman–Crippen LogP) is 2.02. The number of rotatable bonds is 8. The second-order valence-corrected chi connectivity index (χ2v) is 7.74. The maximum Gasteiger partial charge on any atom is 0.273 e. The minimum absolute atomic E-state index is 0.0154. The number of nitrogens with one attached hydrogen (secondary N) is 1. The first-order valence-electron chi connectivity index (χ1n) is 10.4. The van der Waals surface area contributed by atoms with Gasteiger partial charge in [-0.1, -0.05) is 23.4 Å². The van der Waals surface area contributed by atoms with Gasteiger partial charge < -0.3 is 15.0 Å². The number of hydrogen-bond donors (Lipinski definition) is 1. The van der Waals surface area contributed by atoms with Crippen molar-refractivity contribution in [2.75, 3.05) is 13.2 Å². The molecule has 1 N–H and O–H groups in total. The third-order valence-electron chi connectivity index (χ3n) is 5.43. The molecule has 4 rings (SSSR count). The molecule has 2 heterocycles. The van der Waals surface area contributed by atoms with Gasteiger partial charge in [-0.05, 0) is 50.7 Å². The molecule has 2 aliphatic rings. The SMILES string of the molecule is O=C(NC1CC1)c1cn(CC[C@H]2CCCCN2C(=O)COc2ccccc2)nn1. The van der Waals surface area contributed by atoms with Crippen molar-refractivity contribution >= 4 is 11.8 Å². The minimum atomic E-state index is -0.161. The molecular formula is C21H27N5O3. The van der Waals surface area contributed by atoms with Gasteiger partial charge in [0, 0.05) is 25.2 Å². The fraction of sp³-hybridized carbons (Fsp3) is 0.524. The van der Waals surface area contributed by atoms with E-state index in [-0.39, 0.29) is 24.5 Å². The fourth-order valence-corrected chi connectivity index (χ4v) is 3.65. The van der Waals surface area contributed by atoms with Crippen LogP contribution in [0.4, 0.5) is 0 Å². The van der Waals surface area contributed by atoms with Gasteiger partial charge in [0.05, 0.1) is 6.20 Å². The van der Waals surface area contributed by atoms with Crippen LogP contribution < -0.4 is 10.1 Å². The van der Waals surface area contributed by atoms with E-state index in [2.05, 4.69) is 15.6 Å². The highest BCUT2D eigenvalue weighted by molar-refractivity contribution is 5.92. The second kappa shape index (κ2) is 9.07. The highest BCUT2D eigenvalue weighted by atomic mass is 16.5. The van der Waals surface area contributed by atoms with E-state index in [1.54, 1.807) is 10.9 Å². The number of carbonyl (C=O) groups is 2. The van der Waals surface area contributed by atoms with E-state index >= 15 is 0 Å². The van der Waals surface area contributed by atoms with Crippen molar-refractivity contribution in [3.63, 3.8) is 0 Å². The summed E-state index contributed by atoms with van der Waals surface area (Å²) in [6.45, 7) is 1.43. The van der Waals surface area contributed by atoms with Crippen LogP contribution in [0.5, 0.6) is 5.75 Å². The summed E-state index contributed by atoms with van der Waals surface area (Å²) in [5.41, 5.74) is 0.352. The van der Waals surface area contributed by atoms with E-state index in [0.29, 0.717) is 24.0 Å². The molecule has 0 unspecified atom stereocenters. The van der Waals surface area contributed by atoms with Crippen molar-refractivity contribution in [3.05, 3.63) is 42.2 Å². The molecule has 1 saturated heterocycles. The number of piperidine rings is 1. The lowest BCUT2D eigenvalue weighted by atomic mass is 9.99. The maximum atomic E-state index is 12.7. The summed E-state index contributed by atoms with van der Waals surface area (Å²) in [6.07, 6.45) is 7.65. The number of para-hydroxylation sites is 1. The summed E-state index contributed by atoms with van der Waals surface area (Å²) in [7, 11) is 0. The smallest absolute Gasteiger partial charge is 0.273 e. The summed E-state index contributed by atoms with van der Waals surface area (Å²) in [5, 5.41) is 11.0. The zero-order chi connectivity index (χ0) is 20.1. The van der Waals surface area contributed by atoms with Crippen LogP contribution >= 0.6 is 0 Å². The largest absolute Gasteiger partial charge is 0.484 e. The molecule has 0 bridgehead atoms. The Kier molecular flexibility index (Phi) is 6.07. The monoisotopic (exact) mass is 397 g/mol. The number of carbonyl (C=O) groups excluding carboxylic acids is 2. The van der Waals surface area contributed by atoms with Crippen molar-refractivity contribution in [3.8, 4) is 5.75 Å². The predicted molar refractivity (Wildman–Crippen MR) is 106 cm³/mol. The van der Waals surface area contributed by atoms with Gasteiger partial charge >= 0.3 is 0 Å². The molecule has 1 aromatic carbocycles. The number of benzene rings is 1. The van der Waals surface area contributed by atoms with Crippen LogP contribution in [0.2, 0.25) is 0 Å². The van der Waals surface area contributed by atoms with Crippen LogP contribution in [0.15, 0.2) is 36.5 Å². The van der Waals surface area contributed by atoms with E-state index < -0.39 is 0 Å². The van der Waals surface area contributed by atoms with Crippen molar-refractivity contribution < 1.29 is 14.3 Å². The lowest BCUT2D eigenvalue weighted by Crippen LogP contribution is -2.46. The Labute approximate surface area is 170 Å². The van der Waals surface area contributed by atoms with Crippen molar-refractivity contribution in [2.45, 2.75) is 57.2 Å². The third-order valence-corrected chi connectivity index (χ3v) is 5.43. The fourth-order valence-electron chi connectivity index (χ4n) is 3.65. The van der Waals surface area contributed by atoms with Gasteiger partial charge in [0.15, 0.2) is 12.3 Å². The van der Waals surface area contributed by atoms with E-state index in [0.717, 1.165) is 45.1 Å². The van der Waals surface area contributed by atoms with Crippen LogP contribution in [-0.4, -0.2) is 56.9 Å². The van der Waals surface area contributed by atoms with Gasteiger partial charge in [0.2, 0.25) is 0 Å². The standard InChI is InChI=1S/C21H27N5O3/c27-20(15-29-18-7-2-1-3-8-18)26-12-5-4-6-17(26)11-13-25-14-19(23-24-25)21(28)22-16-9-10-16/h1-3,7-8,14,16-17H,4-6,9-13,15H2,(H,22,28)/t17-/m1/s1. The zero-order valence-electron chi connectivity index (χ0n) is 16.5. The lowest BCUT2D eigenvalue weighted by molar-refractivity contribution is -0.137. The van der Waals surface area contributed by atoms with E-state index in [9.17, 15) is 9.59 Å². The molecule has 0 radical (unpaired) electrons. The Morgan fingerprint density at radius 1 is 1.14 bits per heavy atom. The molecule has 1 atom stereocenters. The first kappa shape index (κ1) is 19.4. The van der Waals surface area contributed by atoms with Gasteiger partial charge in [-0.15, -0.1) is 5.10 Å². The van der Waals surface area contributed by atoms with Gasteiger partial charge in [0.25, 0.3) is 11.8 Å². The Morgan fingerprint density at radius 3 is 2.76 bits per heavy atom. The lowest BCUT2D eigenvalue weighted by Gasteiger charge is -2.35. The first-order valence-corrected chi connectivity index (χ1v) is 10.4. The van der Waals surface area contributed by atoms with Crippen molar-refractivity contribution in [1.29, 1.82) is 0 Å². The van der Waals surface area contributed by atoms with Crippen LogP contribution in [0, 0.1) is 0 Å². The van der Waals surface area contributed by atoms with Crippen LogP contribution in [0.3, 0.4) is 0 Å². The number of likely N-dealkylation sites (tertiary alicyclic amines) is 1. The Bertz CT molecular complexity index is 834. The molecule has 8 heteroatoms. The van der Waals surface area contributed by atoms with E-state index in [4.69, 9.17) is 4.74 Å². The average molecular weight is 397 g/mol. The summed E-state index contributed by atoms with van der Waals surface area (Å²) in [5.74, 6) is 0.557. The molecule has 1 saturated carbocycles. The Hall–Kier alpha value is -2.90. The molecule has 1 aliphatic carbocycles. The van der Waals surface area contributed by atoms with E-state index in [1.165, 1.54) is 0 Å². The quantitative estimate of drug-likeness (QED) is 0.736. The molecule has 29 heavy (non-hydrogen) atoms.